The van der Waals surface area contributed by atoms with Gasteiger partial charge in [-0.25, -0.2) is 0 Å². The van der Waals surface area contributed by atoms with Crippen molar-refractivity contribution < 1.29 is 0 Å². The van der Waals surface area contributed by atoms with E-state index in [1.54, 1.807) is 11.8 Å². The van der Waals surface area contributed by atoms with Crippen LogP contribution in [0, 0.1) is 24.2 Å². The molecule has 0 N–H and O–H groups in total. The SMILES string of the molecule is Cc1ccccc1SC(C#N)C1CCCCC1. The molecule has 90 valence electrons. The van der Waals surface area contributed by atoms with Crippen LogP contribution in [0.25, 0.3) is 0 Å². The fourth-order valence-corrected chi connectivity index (χ4v) is 3.69. The highest BCUT2D eigenvalue weighted by Crippen LogP contribution is 2.36. The Morgan fingerprint density at radius 3 is 2.59 bits per heavy atom. The number of benzene rings is 1. The molecule has 17 heavy (non-hydrogen) atoms. The van der Waals surface area contributed by atoms with E-state index in [-0.39, 0.29) is 5.25 Å². The molecule has 1 unspecified atom stereocenters. The van der Waals surface area contributed by atoms with Crippen LogP contribution < -0.4 is 0 Å². The predicted octanol–water partition coefficient (Wildman–Crippen LogP) is 4.56. The fraction of sp³-hybridized carbons (Fsp3) is 0.533. The van der Waals surface area contributed by atoms with Crippen LogP contribution in [0.1, 0.15) is 37.7 Å². The van der Waals surface area contributed by atoms with Gasteiger partial charge in [-0.2, -0.15) is 5.26 Å². The van der Waals surface area contributed by atoms with E-state index in [0.717, 1.165) is 0 Å². The lowest BCUT2D eigenvalue weighted by Crippen LogP contribution is -2.18. The van der Waals surface area contributed by atoms with E-state index in [4.69, 9.17) is 0 Å². The van der Waals surface area contributed by atoms with Crippen molar-refractivity contribution in [3.63, 3.8) is 0 Å². The molecule has 0 amide bonds. The van der Waals surface area contributed by atoms with E-state index >= 15 is 0 Å². The van der Waals surface area contributed by atoms with Crippen LogP contribution in [0.4, 0.5) is 0 Å². The molecule has 0 spiro atoms. The van der Waals surface area contributed by atoms with E-state index in [0.29, 0.717) is 5.92 Å². The number of nitriles is 1. The summed E-state index contributed by atoms with van der Waals surface area (Å²) in [7, 11) is 0. The lowest BCUT2D eigenvalue weighted by molar-refractivity contribution is 0.370. The Morgan fingerprint density at radius 2 is 1.94 bits per heavy atom. The lowest BCUT2D eigenvalue weighted by atomic mass is 9.87. The molecule has 1 aliphatic rings. The van der Waals surface area contributed by atoms with Gasteiger partial charge in [0.15, 0.2) is 0 Å². The van der Waals surface area contributed by atoms with Crippen LogP contribution in [-0.4, -0.2) is 5.25 Å². The summed E-state index contributed by atoms with van der Waals surface area (Å²) in [4.78, 5) is 1.27. The molecule has 1 atom stereocenters. The summed E-state index contributed by atoms with van der Waals surface area (Å²) in [6, 6.07) is 10.9. The van der Waals surface area contributed by atoms with Gasteiger partial charge in [-0.15, -0.1) is 11.8 Å². The molecule has 0 aliphatic heterocycles. The minimum atomic E-state index is 0.136. The van der Waals surface area contributed by atoms with Crippen molar-refractivity contribution in [1.29, 1.82) is 5.26 Å². The van der Waals surface area contributed by atoms with E-state index in [2.05, 4.69) is 37.3 Å². The van der Waals surface area contributed by atoms with Crippen LogP contribution >= 0.6 is 11.8 Å². The zero-order chi connectivity index (χ0) is 12.1. The number of rotatable bonds is 3. The molecule has 2 heteroatoms. The molecule has 1 saturated carbocycles. The topological polar surface area (TPSA) is 23.8 Å². The molecule has 1 aromatic rings. The van der Waals surface area contributed by atoms with Gasteiger partial charge in [0.05, 0.1) is 11.3 Å². The molecule has 2 rings (SSSR count). The monoisotopic (exact) mass is 245 g/mol. The van der Waals surface area contributed by atoms with E-state index < -0.39 is 0 Å². The third-order valence-electron chi connectivity index (χ3n) is 3.55. The van der Waals surface area contributed by atoms with E-state index in [1.165, 1.54) is 42.6 Å². The Morgan fingerprint density at radius 1 is 1.24 bits per heavy atom. The summed E-state index contributed by atoms with van der Waals surface area (Å²) >= 11 is 1.76. The fourth-order valence-electron chi connectivity index (χ4n) is 2.49. The van der Waals surface area contributed by atoms with Gasteiger partial charge < -0.3 is 0 Å². The Kier molecular flexibility index (Phi) is 4.50. The average molecular weight is 245 g/mol. The Labute approximate surface area is 108 Å². The lowest BCUT2D eigenvalue weighted by Gasteiger charge is -2.25. The first-order valence-corrected chi connectivity index (χ1v) is 7.31. The van der Waals surface area contributed by atoms with Crippen LogP contribution in [0.2, 0.25) is 0 Å². The number of thioether (sulfide) groups is 1. The highest BCUT2D eigenvalue weighted by molar-refractivity contribution is 8.00. The van der Waals surface area contributed by atoms with Gasteiger partial charge in [0.2, 0.25) is 0 Å². The highest BCUT2D eigenvalue weighted by atomic mass is 32.2. The molecular weight excluding hydrogens is 226 g/mol. The van der Waals surface area contributed by atoms with Crippen molar-refractivity contribution in [2.24, 2.45) is 5.92 Å². The number of nitrogens with zero attached hydrogens (tertiary/aromatic N) is 1. The summed E-state index contributed by atoms with van der Waals surface area (Å²) in [5.74, 6) is 0.596. The smallest absolute Gasteiger partial charge is 0.0991 e. The summed E-state index contributed by atoms with van der Waals surface area (Å²) in [5, 5.41) is 9.50. The first kappa shape index (κ1) is 12.5. The summed E-state index contributed by atoms with van der Waals surface area (Å²) in [6.45, 7) is 2.12. The second-order valence-electron chi connectivity index (χ2n) is 4.83. The molecular formula is C15H19NS. The molecule has 0 radical (unpaired) electrons. The van der Waals surface area contributed by atoms with Crippen LogP contribution in [0.5, 0.6) is 0 Å². The van der Waals surface area contributed by atoms with Crippen LogP contribution in [-0.2, 0) is 0 Å². The van der Waals surface area contributed by atoms with Crippen LogP contribution in [0.3, 0.4) is 0 Å². The maximum Gasteiger partial charge on any atom is 0.0991 e. The quantitative estimate of drug-likeness (QED) is 0.729. The Bertz CT molecular complexity index is 402. The summed E-state index contributed by atoms with van der Waals surface area (Å²) in [6.07, 6.45) is 6.42. The zero-order valence-corrected chi connectivity index (χ0v) is 11.2. The maximum absolute atomic E-state index is 9.36. The van der Waals surface area contributed by atoms with Gasteiger partial charge in [-0.3, -0.25) is 0 Å². The molecule has 0 saturated heterocycles. The molecule has 0 aromatic heterocycles. The minimum absolute atomic E-state index is 0.136. The van der Waals surface area contributed by atoms with Gasteiger partial charge in [0.25, 0.3) is 0 Å². The maximum atomic E-state index is 9.36. The zero-order valence-electron chi connectivity index (χ0n) is 10.4. The average Bonchev–Trinajstić information content (AvgIpc) is 2.39. The Hall–Kier alpha value is -0.940. The third-order valence-corrected chi connectivity index (χ3v) is 5.01. The summed E-state index contributed by atoms with van der Waals surface area (Å²) in [5.41, 5.74) is 1.29. The van der Waals surface area contributed by atoms with E-state index in [9.17, 15) is 5.26 Å². The minimum Gasteiger partial charge on any atom is -0.197 e. The Balaban J connectivity index is 2.05. The van der Waals surface area contributed by atoms with Crippen molar-refractivity contribution in [2.75, 3.05) is 0 Å². The number of aryl methyl sites for hydroxylation is 1. The van der Waals surface area contributed by atoms with Gasteiger partial charge in [-0.1, -0.05) is 37.5 Å². The first-order valence-electron chi connectivity index (χ1n) is 6.43. The van der Waals surface area contributed by atoms with Gasteiger partial charge >= 0.3 is 0 Å². The van der Waals surface area contributed by atoms with Crippen molar-refractivity contribution >= 4 is 11.8 Å². The van der Waals surface area contributed by atoms with Gasteiger partial charge in [0.1, 0.15) is 0 Å². The largest absolute Gasteiger partial charge is 0.197 e. The van der Waals surface area contributed by atoms with Crippen LogP contribution in [0.15, 0.2) is 29.2 Å². The molecule has 1 aliphatic carbocycles. The molecule has 1 fully saturated rings. The first-order chi connectivity index (χ1) is 8.31. The van der Waals surface area contributed by atoms with Crippen molar-refractivity contribution in [3.05, 3.63) is 29.8 Å². The van der Waals surface area contributed by atoms with Crippen molar-refractivity contribution in [1.82, 2.24) is 0 Å². The molecule has 0 bridgehead atoms. The van der Waals surface area contributed by atoms with Gasteiger partial charge in [-0.05, 0) is 37.3 Å². The molecule has 1 nitrogen and oxygen atoms in total. The number of hydrogen-bond acceptors (Lipinski definition) is 2. The van der Waals surface area contributed by atoms with E-state index in [1.807, 2.05) is 0 Å². The van der Waals surface area contributed by atoms with Crippen molar-refractivity contribution in [2.45, 2.75) is 49.2 Å². The predicted molar refractivity (Wildman–Crippen MR) is 73.0 cm³/mol. The molecule has 0 heterocycles. The second-order valence-corrected chi connectivity index (χ2v) is 6.01. The standard InChI is InChI=1S/C15H19NS/c1-12-7-5-6-10-14(12)17-15(11-16)13-8-3-2-4-9-13/h5-7,10,13,15H,2-4,8-9H2,1H3. The molecule has 1 aromatic carbocycles. The third kappa shape index (κ3) is 3.26. The summed E-state index contributed by atoms with van der Waals surface area (Å²) < 4.78 is 0. The van der Waals surface area contributed by atoms with Crippen molar-refractivity contribution in [3.8, 4) is 6.07 Å². The number of hydrogen-bond donors (Lipinski definition) is 0. The van der Waals surface area contributed by atoms with Gasteiger partial charge in [0, 0.05) is 4.90 Å². The highest BCUT2D eigenvalue weighted by Gasteiger charge is 2.24. The normalized spacial score (nSPS) is 18.6. The second kappa shape index (κ2) is 6.12.